The van der Waals surface area contributed by atoms with Crippen molar-refractivity contribution in [3.63, 3.8) is 0 Å². The number of aliphatic hydroxyl groups excluding tert-OH is 1. The maximum atomic E-state index is 14.3. The van der Waals surface area contributed by atoms with E-state index in [1.54, 1.807) is 0 Å². The largest absolute Gasteiger partial charge is 0.494 e. The van der Waals surface area contributed by atoms with Crippen molar-refractivity contribution in [2.75, 3.05) is 26.4 Å². The van der Waals surface area contributed by atoms with E-state index in [1.165, 1.54) is 0 Å². The number of carbonyl (C=O) groups is 1. The average molecular weight is 633 g/mol. The highest BCUT2D eigenvalue weighted by molar-refractivity contribution is 6.01. The van der Waals surface area contributed by atoms with E-state index < -0.39 is 11.6 Å². The van der Waals surface area contributed by atoms with Gasteiger partial charge in [-0.15, -0.1) is 0 Å². The fourth-order valence-corrected chi connectivity index (χ4v) is 5.48. The van der Waals surface area contributed by atoms with E-state index in [1.807, 2.05) is 111 Å². The van der Waals surface area contributed by atoms with Gasteiger partial charge in [-0.1, -0.05) is 97.1 Å². The molecule has 47 heavy (non-hydrogen) atoms. The molecule has 2 atom stereocenters. The second kappa shape index (κ2) is 16.7. The summed E-state index contributed by atoms with van der Waals surface area (Å²) in [5.41, 5.74) is 3.58. The van der Waals surface area contributed by atoms with Crippen molar-refractivity contribution in [1.29, 1.82) is 0 Å². The average Bonchev–Trinajstić information content (AvgIpc) is 3.50. The van der Waals surface area contributed by atoms with Gasteiger partial charge in [-0.3, -0.25) is 4.79 Å². The number of aliphatic hydroxyl groups is 1. The van der Waals surface area contributed by atoms with Crippen LogP contribution in [0.4, 0.5) is 0 Å². The molecule has 0 aromatic heterocycles. The molecular weight excluding hydrogens is 588 g/mol. The molecule has 2 N–H and O–H groups in total. The minimum absolute atomic E-state index is 0.0735. The molecule has 0 saturated carbocycles. The molecule has 0 unspecified atom stereocenters. The van der Waals surface area contributed by atoms with Crippen LogP contribution < -0.4 is 10.1 Å². The Bertz CT molecular complexity index is 1600. The first-order chi connectivity index (χ1) is 23.0. The van der Waals surface area contributed by atoms with Gasteiger partial charge >= 0.3 is 0 Å². The third-order valence-electron chi connectivity index (χ3n) is 7.95. The van der Waals surface area contributed by atoms with E-state index in [-0.39, 0.29) is 18.6 Å². The normalized spacial score (nSPS) is 17.4. The first-order valence-corrected chi connectivity index (χ1v) is 16.4. The second-order valence-electron chi connectivity index (χ2n) is 11.8. The topological polar surface area (TPSA) is 89.4 Å². The van der Waals surface area contributed by atoms with Crippen molar-refractivity contribution in [3.05, 3.63) is 132 Å². The summed E-state index contributed by atoms with van der Waals surface area (Å²) in [7, 11) is 0. The second-order valence-corrected chi connectivity index (χ2v) is 11.8. The monoisotopic (exact) mass is 632 g/mol. The Morgan fingerprint density at radius 3 is 2.21 bits per heavy atom. The molecule has 7 nitrogen and oxygen atoms in total. The maximum Gasteiger partial charge on any atom is 0.252 e. The minimum Gasteiger partial charge on any atom is -0.494 e. The summed E-state index contributed by atoms with van der Waals surface area (Å²) in [6.07, 6.45) is 5.06. The van der Waals surface area contributed by atoms with Crippen LogP contribution in [0.5, 0.6) is 5.75 Å². The molecule has 5 rings (SSSR count). The third kappa shape index (κ3) is 8.97. The Kier molecular flexibility index (Phi) is 12.0. The summed E-state index contributed by atoms with van der Waals surface area (Å²) < 4.78 is 18.1. The van der Waals surface area contributed by atoms with E-state index in [0.717, 1.165) is 27.8 Å². The maximum absolute atomic E-state index is 14.3. The number of nitrogens with one attached hydrogen (secondary N) is 1. The summed E-state index contributed by atoms with van der Waals surface area (Å²) in [4.78, 5) is 19.5. The lowest BCUT2D eigenvalue weighted by atomic mass is 9.83. The highest BCUT2D eigenvalue weighted by Crippen LogP contribution is 2.43. The zero-order chi connectivity index (χ0) is 32.9. The van der Waals surface area contributed by atoms with Crippen LogP contribution in [-0.4, -0.2) is 54.9 Å². The van der Waals surface area contributed by atoms with E-state index in [9.17, 15) is 4.79 Å². The molecule has 1 aliphatic rings. The molecule has 7 heteroatoms. The van der Waals surface area contributed by atoms with Crippen molar-refractivity contribution in [2.24, 2.45) is 4.99 Å². The number of rotatable bonds is 16. The summed E-state index contributed by atoms with van der Waals surface area (Å²) in [6, 6.07) is 35.9. The van der Waals surface area contributed by atoms with Gasteiger partial charge in [0.15, 0.2) is 11.6 Å². The predicted octanol–water partition coefficient (Wildman–Crippen LogP) is 7.41. The molecule has 0 aliphatic carbocycles. The first-order valence-electron chi connectivity index (χ1n) is 16.4. The lowest BCUT2D eigenvalue weighted by Crippen LogP contribution is -2.48. The van der Waals surface area contributed by atoms with Crippen molar-refractivity contribution in [2.45, 2.75) is 50.9 Å². The number of hydrogen-bond acceptors (Lipinski definition) is 6. The van der Waals surface area contributed by atoms with Gasteiger partial charge < -0.3 is 24.6 Å². The number of amides is 1. The number of benzene rings is 4. The Hall–Kier alpha value is -4.72. The standard InChI is InChI=1S/C40H44N2O5/c1-30(2)45-28-10-26-41-39(44)40(25-9-14-31-12-5-3-6-13-31)37(34-19-17-33(18-20-34)32-15-7-4-8-16-32)47-38(42-40)35-21-23-36(24-22-35)46-29-11-27-43/h3-9,12-24,30,37,43H,10-11,25-29H2,1-2H3,(H,41,44)/b14-9+/t37-,40-/m1/s1. The molecule has 4 aromatic rings. The molecule has 1 amide bonds. The van der Waals surface area contributed by atoms with E-state index in [4.69, 9.17) is 24.3 Å². The summed E-state index contributed by atoms with van der Waals surface area (Å²) in [6.45, 7) is 5.51. The Morgan fingerprint density at radius 2 is 1.53 bits per heavy atom. The van der Waals surface area contributed by atoms with Gasteiger partial charge in [-0.2, -0.15) is 0 Å². The first kappa shape index (κ1) is 33.6. The molecule has 244 valence electrons. The highest BCUT2D eigenvalue weighted by Gasteiger charge is 2.52. The van der Waals surface area contributed by atoms with Crippen LogP contribution in [0.15, 0.2) is 120 Å². The lowest BCUT2D eigenvalue weighted by molar-refractivity contribution is -0.128. The Morgan fingerprint density at radius 1 is 0.872 bits per heavy atom. The molecule has 1 aliphatic heterocycles. The molecule has 4 aromatic carbocycles. The molecule has 1 heterocycles. The number of aliphatic imine (C=N–C) groups is 1. The summed E-state index contributed by atoms with van der Waals surface area (Å²) >= 11 is 0. The highest BCUT2D eigenvalue weighted by atomic mass is 16.5. The molecule has 0 radical (unpaired) electrons. The zero-order valence-corrected chi connectivity index (χ0v) is 27.2. The van der Waals surface area contributed by atoms with Crippen LogP contribution >= 0.6 is 0 Å². The van der Waals surface area contributed by atoms with E-state index in [2.05, 4.69) is 29.6 Å². The SMILES string of the molecule is CC(C)OCCCNC(=O)[C@]1(C/C=C/c2ccccc2)N=C(c2ccc(OCCCO)cc2)O[C@@H]1c1ccc(-c2ccccc2)cc1. The summed E-state index contributed by atoms with van der Waals surface area (Å²) in [5.74, 6) is 0.888. The van der Waals surface area contributed by atoms with Gasteiger partial charge in [0.2, 0.25) is 5.90 Å². The zero-order valence-electron chi connectivity index (χ0n) is 27.2. The number of hydrogen-bond donors (Lipinski definition) is 2. The third-order valence-corrected chi connectivity index (χ3v) is 7.95. The van der Waals surface area contributed by atoms with Crippen molar-refractivity contribution in [3.8, 4) is 16.9 Å². The van der Waals surface area contributed by atoms with Crippen LogP contribution in [0.25, 0.3) is 17.2 Å². The quantitative estimate of drug-likeness (QED) is 0.126. The van der Waals surface area contributed by atoms with E-state index in [0.29, 0.717) is 50.7 Å². The molecule has 0 fully saturated rings. The van der Waals surface area contributed by atoms with Crippen LogP contribution in [0.3, 0.4) is 0 Å². The van der Waals surface area contributed by atoms with Gasteiger partial charge in [0.25, 0.3) is 5.91 Å². The van der Waals surface area contributed by atoms with E-state index >= 15 is 0 Å². The van der Waals surface area contributed by atoms with Crippen LogP contribution in [0, 0.1) is 0 Å². The fraction of sp³-hybridized carbons (Fsp3) is 0.300. The van der Waals surface area contributed by atoms with Crippen molar-refractivity contribution >= 4 is 17.9 Å². The van der Waals surface area contributed by atoms with Gasteiger partial charge in [-0.25, -0.2) is 4.99 Å². The molecular formula is C40H44N2O5. The van der Waals surface area contributed by atoms with Crippen molar-refractivity contribution in [1.82, 2.24) is 5.32 Å². The predicted molar refractivity (Wildman–Crippen MR) is 187 cm³/mol. The minimum atomic E-state index is -1.26. The van der Waals surface area contributed by atoms with Crippen molar-refractivity contribution < 1.29 is 24.1 Å². The van der Waals surface area contributed by atoms with Gasteiger partial charge in [0.1, 0.15) is 5.75 Å². The number of carbonyl (C=O) groups excluding carboxylic acids is 1. The fourth-order valence-electron chi connectivity index (χ4n) is 5.48. The molecule has 0 spiro atoms. The smallest absolute Gasteiger partial charge is 0.252 e. The number of nitrogens with zero attached hydrogens (tertiary/aromatic N) is 1. The number of ether oxygens (including phenoxy) is 3. The van der Waals surface area contributed by atoms with Gasteiger partial charge in [0, 0.05) is 38.2 Å². The van der Waals surface area contributed by atoms with Crippen LogP contribution in [-0.2, 0) is 14.3 Å². The van der Waals surface area contributed by atoms with Crippen LogP contribution in [0.1, 0.15) is 55.9 Å². The Balaban J connectivity index is 1.49. The summed E-state index contributed by atoms with van der Waals surface area (Å²) in [5, 5.41) is 12.2. The van der Waals surface area contributed by atoms with Crippen LogP contribution in [0.2, 0.25) is 0 Å². The van der Waals surface area contributed by atoms with Gasteiger partial charge in [-0.05, 0) is 66.8 Å². The lowest BCUT2D eigenvalue weighted by Gasteiger charge is -2.30. The van der Waals surface area contributed by atoms with Gasteiger partial charge in [0.05, 0.1) is 12.7 Å². The molecule has 0 saturated heterocycles. The molecule has 0 bridgehead atoms. The Labute approximate surface area is 277 Å².